The van der Waals surface area contributed by atoms with Crippen LogP contribution in [0.15, 0.2) is 36.5 Å². The van der Waals surface area contributed by atoms with E-state index in [1.807, 2.05) is 37.4 Å². The maximum absolute atomic E-state index is 5.64. The molecule has 16 heavy (non-hydrogen) atoms. The van der Waals surface area contributed by atoms with Gasteiger partial charge in [0.1, 0.15) is 5.75 Å². The van der Waals surface area contributed by atoms with Crippen LogP contribution in [-0.4, -0.2) is 25.2 Å². The number of aromatic nitrogens is 1. The van der Waals surface area contributed by atoms with Gasteiger partial charge in [0.25, 0.3) is 0 Å². The number of pyridine rings is 1. The van der Waals surface area contributed by atoms with E-state index in [0.29, 0.717) is 0 Å². The van der Waals surface area contributed by atoms with Crippen LogP contribution >= 0.6 is 0 Å². The minimum Gasteiger partial charge on any atom is -0.493 e. The summed E-state index contributed by atoms with van der Waals surface area (Å²) in [6, 6.07) is 10.00. The first kappa shape index (κ1) is 10.9. The van der Waals surface area contributed by atoms with E-state index in [1.54, 1.807) is 6.20 Å². The molecule has 0 fully saturated rings. The third-order valence-electron chi connectivity index (χ3n) is 2.42. The highest BCUT2D eigenvalue weighted by molar-refractivity contribution is 5.79. The van der Waals surface area contributed by atoms with Gasteiger partial charge in [-0.2, -0.15) is 0 Å². The van der Waals surface area contributed by atoms with Crippen molar-refractivity contribution >= 4 is 10.9 Å². The molecular formula is C13H16N2O. The first-order chi connectivity index (χ1) is 7.90. The SMILES string of the molecule is CNCCCOc1ccc2cccnc2c1. The van der Waals surface area contributed by atoms with Crippen molar-refractivity contribution in [2.75, 3.05) is 20.2 Å². The molecule has 1 aromatic carbocycles. The second-order valence-corrected chi connectivity index (χ2v) is 3.66. The minimum absolute atomic E-state index is 0.735. The second kappa shape index (κ2) is 5.47. The standard InChI is InChI=1S/C13H16N2O/c1-14-7-3-9-16-12-6-5-11-4-2-8-15-13(11)10-12/h2,4-6,8,10,14H,3,7,9H2,1H3. The highest BCUT2D eigenvalue weighted by Crippen LogP contribution is 2.18. The third-order valence-corrected chi connectivity index (χ3v) is 2.42. The molecule has 0 spiro atoms. The molecule has 2 aromatic rings. The zero-order chi connectivity index (χ0) is 11.2. The van der Waals surface area contributed by atoms with Crippen LogP contribution in [0.5, 0.6) is 5.75 Å². The fourth-order valence-electron chi connectivity index (χ4n) is 1.58. The van der Waals surface area contributed by atoms with E-state index in [9.17, 15) is 0 Å². The number of ether oxygens (including phenoxy) is 1. The molecule has 0 saturated heterocycles. The number of fused-ring (bicyclic) bond motifs is 1. The summed E-state index contributed by atoms with van der Waals surface area (Å²) in [6.07, 6.45) is 2.81. The first-order valence-corrected chi connectivity index (χ1v) is 5.52. The number of hydrogen-bond acceptors (Lipinski definition) is 3. The molecule has 0 unspecified atom stereocenters. The molecule has 1 N–H and O–H groups in total. The lowest BCUT2D eigenvalue weighted by atomic mass is 10.2. The van der Waals surface area contributed by atoms with Crippen molar-refractivity contribution in [2.45, 2.75) is 6.42 Å². The van der Waals surface area contributed by atoms with Crippen molar-refractivity contribution in [3.05, 3.63) is 36.5 Å². The fourth-order valence-corrected chi connectivity index (χ4v) is 1.58. The van der Waals surface area contributed by atoms with Gasteiger partial charge in [-0.05, 0) is 38.2 Å². The van der Waals surface area contributed by atoms with Crippen LogP contribution in [0.4, 0.5) is 0 Å². The summed E-state index contributed by atoms with van der Waals surface area (Å²) in [6.45, 7) is 1.71. The Morgan fingerprint density at radius 3 is 3.12 bits per heavy atom. The number of rotatable bonds is 5. The molecule has 3 nitrogen and oxygen atoms in total. The number of hydrogen-bond donors (Lipinski definition) is 1. The Morgan fingerprint density at radius 2 is 2.25 bits per heavy atom. The van der Waals surface area contributed by atoms with E-state index in [-0.39, 0.29) is 0 Å². The van der Waals surface area contributed by atoms with Gasteiger partial charge >= 0.3 is 0 Å². The molecule has 84 valence electrons. The van der Waals surface area contributed by atoms with Crippen LogP contribution in [0, 0.1) is 0 Å². The molecular weight excluding hydrogens is 200 g/mol. The lowest BCUT2D eigenvalue weighted by Gasteiger charge is -2.06. The Balaban J connectivity index is 2.02. The van der Waals surface area contributed by atoms with Crippen molar-refractivity contribution in [1.82, 2.24) is 10.3 Å². The molecule has 0 bridgehead atoms. The largest absolute Gasteiger partial charge is 0.493 e. The molecule has 0 aliphatic heterocycles. The summed E-state index contributed by atoms with van der Waals surface area (Å²) < 4.78 is 5.64. The van der Waals surface area contributed by atoms with Gasteiger partial charge in [-0.25, -0.2) is 0 Å². The first-order valence-electron chi connectivity index (χ1n) is 5.52. The Hall–Kier alpha value is -1.61. The fraction of sp³-hybridized carbons (Fsp3) is 0.308. The molecule has 1 heterocycles. The van der Waals surface area contributed by atoms with Crippen molar-refractivity contribution in [2.24, 2.45) is 0 Å². The summed E-state index contributed by atoms with van der Waals surface area (Å²) in [5.41, 5.74) is 0.980. The van der Waals surface area contributed by atoms with E-state index in [0.717, 1.165) is 36.2 Å². The van der Waals surface area contributed by atoms with E-state index in [2.05, 4.69) is 10.3 Å². The van der Waals surface area contributed by atoms with Crippen LogP contribution in [-0.2, 0) is 0 Å². The van der Waals surface area contributed by atoms with Gasteiger partial charge in [-0.15, -0.1) is 0 Å². The molecule has 0 amide bonds. The van der Waals surface area contributed by atoms with Gasteiger partial charge < -0.3 is 10.1 Å². The third kappa shape index (κ3) is 2.70. The monoisotopic (exact) mass is 216 g/mol. The van der Waals surface area contributed by atoms with Crippen molar-refractivity contribution in [1.29, 1.82) is 0 Å². The van der Waals surface area contributed by atoms with Crippen LogP contribution in [0.25, 0.3) is 10.9 Å². The molecule has 0 saturated carbocycles. The summed E-state index contributed by atoms with van der Waals surface area (Å²) in [5.74, 6) is 0.891. The van der Waals surface area contributed by atoms with Gasteiger partial charge in [0.15, 0.2) is 0 Å². The van der Waals surface area contributed by atoms with Crippen LogP contribution in [0.2, 0.25) is 0 Å². The van der Waals surface area contributed by atoms with Crippen LogP contribution in [0.1, 0.15) is 6.42 Å². The normalized spacial score (nSPS) is 10.6. The molecule has 1 aromatic heterocycles. The Bertz CT molecular complexity index is 456. The lowest BCUT2D eigenvalue weighted by molar-refractivity contribution is 0.310. The second-order valence-electron chi connectivity index (χ2n) is 3.66. The van der Waals surface area contributed by atoms with Gasteiger partial charge in [0, 0.05) is 17.6 Å². The molecule has 0 atom stereocenters. The average Bonchev–Trinajstić information content (AvgIpc) is 2.34. The van der Waals surface area contributed by atoms with Gasteiger partial charge in [-0.1, -0.05) is 6.07 Å². The van der Waals surface area contributed by atoms with E-state index < -0.39 is 0 Å². The predicted molar refractivity (Wildman–Crippen MR) is 65.8 cm³/mol. The van der Waals surface area contributed by atoms with E-state index in [4.69, 9.17) is 4.74 Å². The number of nitrogens with zero attached hydrogens (tertiary/aromatic N) is 1. The smallest absolute Gasteiger partial charge is 0.121 e. The van der Waals surface area contributed by atoms with Crippen molar-refractivity contribution in [3.8, 4) is 5.75 Å². The summed E-state index contributed by atoms with van der Waals surface area (Å²) in [4.78, 5) is 4.29. The highest BCUT2D eigenvalue weighted by atomic mass is 16.5. The average molecular weight is 216 g/mol. The van der Waals surface area contributed by atoms with Crippen LogP contribution in [0.3, 0.4) is 0 Å². The molecule has 0 radical (unpaired) electrons. The van der Waals surface area contributed by atoms with E-state index >= 15 is 0 Å². The summed E-state index contributed by atoms with van der Waals surface area (Å²) in [7, 11) is 1.94. The van der Waals surface area contributed by atoms with E-state index in [1.165, 1.54) is 0 Å². The molecule has 3 heteroatoms. The predicted octanol–water partition coefficient (Wildman–Crippen LogP) is 2.22. The van der Waals surface area contributed by atoms with Crippen molar-refractivity contribution < 1.29 is 4.74 Å². The minimum atomic E-state index is 0.735. The van der Waals surface area contributed by atoms with Crippen LogP contribution < -0.4 is 10.1 Å². The summed E-state index contributed by atoms with van der Waals surface area (Å²) in [5, 5.41) is 4.23. The highest BCUT2D eigenvalue weighted by Gasteiger charge is 1.97. The maximum atomic E-state index is 5.64. The number of benzene rings is 1. The molecule has 0 aliphatic carbocycles. The molecule has 0 aliphatic rings. The number of nitrogens with one attached hydrogen (secondary N) is 1. The topological polar surface area (TPSA) is 34.1 Å². The Labute approximate surface area is 95.5 Å². The van der Waals surface area contributed by atoms with Crippen molar-refractivity contribution in [3.63, 3.8) is 0 Å². The lowest BCUT2D eigenvalue weighted by Crippen LogP contribution is -2.11. The Morgan fingerprint density at radius 1 is 1.31 bits per heavy atom. The maximum Gasteiger partial charge on any atom is 0.121 e. The van der Waals surface area contributed by atoms with Gasteiger partial charge in [0.05, 0.1) is 12.1 Å². The zero-order valence-electron chi connectivity index (χ0n) is 9.44. The van der Waals surface area contributed by atoms with Gasteiger partial charge in [0.2, 0.25) is 0 Å². The summed E-state index contributed by atoms with van der Waals surface area (Å²) >= 11 is 0. The zero-order valence-corrected chi connectivity index (χ0v) is 9.44. The quantitative estimate of drug-likeness (QED) is 0.778. The van der Waals surface area contributed by atoms with Gasteiger partial charge in [-0.3, -0.25) is 4.98 Å². The molecule has 2 rings (SSSR count). The Kier molecular flexibility index (Phi) is 3.72.